The van der Waals surface area contributed by atoms with Crippen molar-refractivity contribution < 1.29 is 18.3 Å². The molecule has 0 aliphatic carbocycles. The van der Waals surface area contributed by atoms with Gasteiger partial charge in [0.15, 0.2) is 0 Å². The van der Waals surface area contributed by atoms with Crippen LogP contribution >= 0.6 is 0 Å². The van der Waals surface area contributed by atoms with Crippen molar-refractivity contribution in [2.75, 3.05) is 0 Å². The molecule has 5 heteroatoms. The maximum absolute atomic E-state index is 4.43. The van der Waals surface area contributed by atoms with Crippen LogP contribution in [0.5, 0.6) is 0 Å². The number of rotatable bonds is 1. The van der Waals surface area contributed by atoms with E-state index in [-0.39, 0.29) is 5.54 Å². The number of nitrogens with zero attached hydrogens (tertiary/aromatic N) is 4. The summed E-state index contributed by atoms with van der Waals surface area (Å²) >= 11 is 1.10. The molecule has 2 aromatic rings. The summed E-state index contributed by atoms with van der Waals surface area (Å²) in [6, 6.07) is 8.19. The summed E-state index contributed by atoms with van der Waals surface area (Å²) in [4.78, 5) is 1.66. The molecule has 0 saturated carbocycles. The fourth-order valence-corrected chi connectivity index (χ4v) is 2.21. The van der Waals surface area contributed by atoms with Crippen molar-refractivity contribution in [3.8, 4) is 11.4 Å². The number of tetrazole rings is 1. The predicted molar refractivity (Wildman–Crippen MR) is 57.9 cm³/mol. The van der Waals surface area contributed by atoms with E-state index in [1.54, 1.807) is 4.80 Å². The van der Waals surface area contributed by atoms with Crippen LogP contribution in [0.1, 0.15) is 20.8 Å². The molecule has 79 valence electrons. The molecule has 2 rings (SSSR count). The maximum atomic E-state index is 4.43. The number of hydrogen-bond acceptors (Lipinski definition) is 3. The van der Waals surface area contributed by atoms with Gasteiger partial charge in [-0.2, -0.15) is 0 Å². The second kappa shape index (κ2) is 4.06. The molecule has 1 aromatic carbocycles. The molecule has 0 amide bonds. The van der Waals surface area contributed by atoms with Crippen molar-refractivity contribution in [2.24, 2.45) is 0 Å². The van der Waals surface area contributed by atoms with Gasteiger partial charge in [-0.3, -0.25) is 0 Å². The van der Waals surface area contributed by atoms with E-state index >= 15 is 0 Å². The molecular formula is C11H13N4Zn. The third-order valence-corrected chi connectivity index (χ3v) is 3.57. The third-order valence-electron chi connectivity index (χ3n) is 2.27. The molecule has 1 aromatic heterocycles. The van der Waals surface area contributed by atoms with E-state index in [0.29, 0.717) is 0 Å². The fraction of sp³-hybridized carbons (Fsp3) is 0.364. The zero-order valence-corrected chi connectivity index (χ0v) is 12.8. The van der Waals surface area contributed by atoms with Crippen LogP contribution in [-0.2, 0) is 23.8 Å². The Hall–Kier alpha value is -1.09. The molecule has 0 spiro atoms. The van der Waals surface area contributed by atoms with Gasteiger partial charge in [-0.05, 0) is 0 Å². The van der Waals surface area contributed by atoms with Crippen LogP contribution in [0.2, 0.25) is 0 Å². The average Bonchev–Trinajstić information content (AvgIpc) is 2.66. The van der Waals surface area contributed by atoms with Crippen LogP contribution in [0.25, 0.3) is 11.4 Å². The minimum absolute atomic E-state index is 0.121. The molecule has 0 atom stereocenters. The Balaban J connectivity index is 2.44. The molecule has 0 N–H and O–H groups in total. The molecule has 0 aliphatic heterocycles. The summed E-state index contributed by atoms with van der Waals surface area (Å²) in [5, 5.41) is 12.6. The molecule has 0 radical (unpaired) electrons. The van der Waals surface area contributed by atoms with E-state index in [4.69, 9.17) is 0 Å². The average molecular weight is 267 g/mol. The van der Waals surface area contributed by atoms with E-state index in [1.165, 1.54) is 4.16 Å². The molecule has 0 aliphatic rings. The van der Waals surface area contributed by atoms with E-state index in [9.17, 15) is 0 Å². The van der Waals surface area contributed by atoms with Crippen molar-refractivity contribution >= 4 is 4.16 Å². The van der Waals surface area contributed by atoms with Gasteiger partial charge in [0.05, 0.1) is 0 Å². The summed E-state index contributed by atoms with van der Waals surface area (Å²) in [6.07, 6.45) is 0. The standard InChI is InChI=1S/C11H13N4.Zn/c1-11(2,3)15-13-10(12-14-15)9-7-5-4-6-8-9;/h4-7H,1-3H3;. The topological polar surface area (TPSA) is 43.6 Å². The monoisotopic (exact) mass is 265 g/mol. The molecule has 0 bridgehead atoms. The van der Waals surface area contributed by atoms with E-state index < -0.39 is 0 Å². The molecule has 0 saturated heterocycles. The first-order valence-corrected chi connectivity index (χ1v) is 6.69. The quantitative estimate of drug-likeness (QED) is 0.730. The number of hydrogen-bond donors (Lipinski definition) is 0. The molecule has 0 fully saturated rings. The van der Waals surface area contributed by atoms with Crippen LogP contribution in [0.15, 0.2) is 24.3 Å². The van der Waals surface area contributed by atoms with Crippen molar-refractivity contribution in [1.82, 2.24) is 20.2 Å². The van der Waals surface area contributed by atoms with Gasteiger partial charge in [-0.15, -0.1) is 0 Å². The zero-order chi connectivity index (χ0) is 11.8. The Morgan fingerprint density at radius 2 is 1.88 bits per heavy atom. The summed E-state index contributed by atoms with van der Waals surface area (Å²) in [5.74, 6) is 0.719. The number of aromatic nitrogens is 4. The van der Waals surface area contributed by atoms with Crippen molar-refractivity contribution in [1.29, 1.82) is 0 Å². The van der Waals surface area contributed by atoms with Crippen LogP contribution in [0.4, 0.5) is 0 Å². The van der Waals surface area contributed by atoms with Crippen molar-refractivity contribution in [2.45, 2.75) is 26.3 Å². The van der Waals surface area contributed by atoms with Gasteiger partial charge in [0.25, 0.3) is 0 Å². The Morgan fingerprint density at radius 1 is 1.19 bits per heavy atom. The summed E-state index contributed by atoms with van der Waals surface area (Å²) < 4.78 is 1.29. The normalized spacial score (nSPS) is 11.8. The van der Waals surface area contributed by atoms with Crippen molar-refractivity contribution in [3.63, 3.8) is 0 Å². The molecular weight excluding hydrogens is 254 g/mol. The van der Waals surface area contributed by atoms with Crippen LogP contribution < -0.4 is 4.16 Å². The Bertz CT molecular complexity index is 499. The van der Waals surface area contributed by atoms with Crippen LogP contribution in [0, 0.1) is 0 Å². The van der Waals surface area contributed by atoms with Gasteiger partial charge in [0, 0.05) is 0 Å². The van der Waals surface area contributed by atoms with E-state index in [1.807, 2.05) is 18.2 Å². The fourth-order valence-electron chi connectivity index (χ4n) is 1.34. The third kappa shape index (κ3) is 2.19. The van der Waals surface area contributed by atoms with Gasteiger partial charge in [0.2, 0.25) is 0 Å². The second-order valence-corrected chi connectivity index (χ2v) is 6.33. The zero-order valence-electron chi connectivity index (χ0n) is 9.81. The molecule has 1 heterocycles. The second-order valence-electron chi connectivity index (χ2n) is 4.73. The van der Waals surface area contributed by atoms with Gasteiger partial charge >= 0.3 is 105 Å². The van der Waals surface area contributed by atoms with Crippen LogP contribution in [0.3, 0.4) is 0 Å². The summed E-state index contributed by atoms with van der Waals surface area (Å²) in [5.41, 5.74) is 0.975. The van der Waals surface area contributed by atoms with Gasteiger partial charge in [0.1, 0.15) is 0 Å². The Morgan fingerprint density at radius 3 is 2.44 bits per heavy atom. The minimum atomic E-state index is -0.121. The number of benzene rings is 1. The van der Waals surface area contributed by atoms with Gasteiger partial charge in [-0.25, -0.2) is 0 Å². The molecule has 4 nitrogen and oxygen atoms in total. The summed E-state index contributed by atoms with van der Waals surface area (Å²) in [7, 11) is 0. The Labute approximate surface area is 105 Å². The summed E-state index contributed by atoms with van der Waals surface area (Å²) in [6.45, 7) is 6.18. The van der Waals surface area contributed by atoms with E-state index in [2.05, 4.69) is 42.2 Å². The first-order chi connectivity index (χ1) is 7.48. The van der Waals surface area contributed by atoms with Gasteiger partial charge < -0.3 is 0 Å². The molecule has 0 unspecified atom stereocenters. The first kappa shape index (κ1) is 11.4. The Kier molecular flexibility index (Phi) is 2.89. The van der Waals surface area contributed by atoms with Gasteiger partial charge in [-0.1, -0.05) is 0 Å². The van der Waals surface area contributed by atoms with Crippen LogP contribution in [-0.4, -0.2) is 20.2 Å². The molecule has 16 heavy (non-hydrogen) atoms. The SMILES string of the molecule is CC(C)(C)n1nnc(-c2cccc[c]2[Zn])n1. The predicted octanol–water partition coefficient (Wildman–Crippen LogP) is 1.27. The van der Waals surface area contributed by atoms with E-state index in [0.717, 1.165) is 29.7 Å². The first-order valence-electron chi connectivity index (χ1n) is 5.20. The van der Waals surface area contributed by atoms with Crippen molar-refractivity contribution in [3.05, 3.63) is 24.3 Å².